The average Bonchev–Trinajstić information content (AvgIpc) is 3.28. The third-order valence-electron chi connectivity index (χ3n) is 6.62. The lowest BCUT2D eigenvalue weighted by atomic mass is 9.98. The summed E-state index contributed by atoms with van der Waals surface area (Å²) in [5.41, 5.74) is 3.36. The number of para-hydroxylation sites is 1. The highest BCUT2D eigenvalue weighted by molar-refractivity contribution is 7.89. The van der Waals surface area contributed by atoms with Gasteiger partial charge in [-0.25, -0.2) is 8.42 Å². The molecule has 2 aliphatic rings. The summed E-state index contributed by atoms with van der Waals surface area (Å²) in [5.74, 6) is -0.277. The van der Waals surface area contributed by atoms with Crippen molar-refractivity contribution in [3.05, 3.63) is 48.5 Å². The van der Waals surface area contributed by atoms with E-state index in [4.69, 9.17) is 4.74 Å². The number of hydrogen-bond donors (Lipinski definition) is 1. The van der Waals surface area contributed by atoms with E-state index in [1.807, 2.05) is 30.3 Å². The third kappa shape index (κ3) is 4.50. The van der Waals surface area contributed by atoms with E-state index in [9.17, 15) is 18.5 Å². The van der Waals surface area contributed by atoms with E-state index in [2.05, 4.69) is 16.0 Å². The van der Waals surface area contributed by atoms with E-state index in [1.165, 1.54) is 7.05 Å². The molecule has 0 saturated carbocycles. The highest BCUT2D eigenvalue weighted by atomic mass is 32.2. The van der Waals surface area contributed by atoms with Crippen LogP contribution in [0, 0.1) is 17.2 Å². The SMILES string of the molecule is CN(CC(=O)N1CCOCC1)S(=O)(=O)c1ccc(N2CC(C#N)C2)c(-c2cc3ccccc3[nH]2)c1. The summed E-state index contributed by atoms with van der Waals surface area (Å²) in [6, 6.07) is 17.2. The number of carbonyl (C=O) groups excluding carboxylic acids is 1. The summed E-state index contributed by atoms with van der Waals surface area (Å²) in [5, 5.41) is 10.2. The van der Waals surface area contributed by atoms with Gasteiger partial charge in [0.1, 0.15) is 0 Å². The zero-order valence-electron chi connectivity index (χ0n) is 19.5. The third-order valence-corrected chi connectivity index (χ3v) is 8.42. The highest BCUT2D eigenvalue weighted by Gasteiger charge is 2.31. The molecule has 2 aromatic carbocycles. The summed E-state index contributed by atoms with van der Waals surface area (Å²) in [6.07, 6.45) is 0. The quantitative estimate of drug-likeness (QED) is 0.564. The van der Waals surface area contributed by atoms with Gasteiger partial charge in [0.05, 0.1) is 36.6 Å². The Hall–Kier alpha value is -3.39. The van der Waals surface area contributed by atoms with Crippen molar-refractivity contribution in [3.8, 4) is 17.3 Å². The maximum atomic E-state index is 13.4. The standard InChI is InChI=1S/C25H27N5O4S/c1-28(17-25(31)29-8-10-34-11-9-29)35(32,33)20-6-7-24(30-15-18(14-26)16-30)21(13-20)23-12-19-4-2-3-5-22(19)27-23/h2-7,12-13,18,27H,8-11,15-17H2,1H3. The van der Waals surface area contributed by atoms with Crippen molar-refractivity contribution >= 4 is 32.5 Å². The second-order valence-electron chi connectivity index (χ2n) is 8.93. The van der Waals surface area contributed by atoms with Crippen LogP contribution in [0.1, 0.15) is 0 Å². The molecule has 0 bridgehead atoms. The number of hydrogen-bond acceptors (Lipinski definition) is 6. The van der Waals surface area contributed by atoms with Crippen molar-refractivity contribution in [2.45, 2.75) is 4.90 Å². The molecule has 0 radical (unpaired) electrons. The largest absolute Gasteiger partial charge is 0.378 e. The van der Waals surface area contributed by atoms with Crippen LogP contribution in [0.15, 0.2) is 53.4 Å². The molecular formula is C25H27N5O4S. The number of benzene rings is 2. The van der Waals surface area contributed by atoms with Crippen molar-refractivity contribution < 1.29 is 17.9 Å². The number of morpholine rings is 1. The predicted octanol–water partition coefficient (Wildman–Crippen LogP) is 2.27. The lowest BCUT2D eigenvalue weighted by Crippen LogP contribution is -2.46. The number of sulfonamides is 1. The van der Waals surface area contributed by atoms with E-state index >= 15 is 0 Å². The zero-order chi connectivity index (χ0) is 24.6. The molecule has 1 aromatic heterocycles. The number of carbonyl (C=O) groups is 1. The van der Waals surface area contributed by atoms with Crippen LogP contribution in [0.3, 0.4) is 0 Å². The van der Waals surface area contributed by atoms with Crippen molar-refractivity contribution in [2.75, 3.05) is 57.9 Å². The van der Waals surface area contributed by atoms with Crippen molar-refractivity contribution in [1.82, 2.24) is 14.2 Å². The molecule has 2 aliphatic heterocycles. The van der Waals surface area contributed by atoms with Crippen molar-refractivity contribution in [3.63, 3.8) is 0 Å². The van der Waals surface area contributed by atoms with E-state index in [0.29, 0.717) is 39.4 Å². The summed E-state index contributed by atoms with van der Waals surface area (Å²) < 4.78 is 33.2. The number of likely N-dealkylation sites (N-methyl/N-ethyl adjacent to an activating group) is 1. The number of aromatic amines is 1. The smallest absolute Gasteiger partial charge is 0.243 e. The van der Waals surface area contributed by atoms with Crippen LogP contribution in [0.4, 0.5) is 5.69 Å². The van der Waals surface area contributed by atoms with Gasteiger partial charge in [-0.05, 0) is 30.3 Å². The molecule has 35 heavy (non-hydrogen) atoms. The minimum absolute atomic E-state index is 0.0358. The molecule has 0 atom stereocenters. The Bertz CT molecular complexity index is 1370. The molecule has 2 fully saturated rings. The van der Waals surface area contributed by atoms with Gasteiger partial charge in [-0.15, -0.1) is 0 Å². The molecule has 1 N–H and O–H groups in total. The number of H-pyrrole nitrogens is 1. The summed E-state index contributed by atoms with van der Waals surface area (Å²) in [6.45, 7) is 2.81. The Morgan fingerprint density at radius 1 is 1.17 bits per heavy atom. The lowest BCUT2D eigenvalue weighted by molar-refractivity contribution is -0.135. The fraction of sp³-hybridized carbons (Fsp3) is 0.360. The Kier molecular flexibility index (Phi) is 6.23. The Labute approximate surface area is 204 Å². The number of nitriles is 1. The minimum atomic E-state index is -3.91. The van der Waals surface area contributed by atoms with Gasteiger partial charge in [-0.3, -0.25) is 4.79 Å². The molecule has 0 unspecified atom stereocenters. The second kappa shape index (κ2) is 9.34. The molecule has 3 aromatic rings. The lowest BCUT2D eigenvalue weighted by Gasteiger charge is -2.38. The number of fused-ring (bicyclic) bond motifs is 1. The molecule has 1 amide bonds. The van der Waals surface area contributed by atoms with Gasteiger partial charge >= 0.3 is 0 Å². The van der Waals surface area contributed by atoms with Crippen LogP contribution in [-0.2, 0) is 19.6 Å². The summed E-state index contributed by atoms with van der Waals surface area (Å²) >= 11 is 0. The monoisotopic (exact) mass is 493 g/mol. The van der Waals surface area contributed by atoms with Gasteiger partial charge in [-0.1, -0.05) is 18.2 Å². The predicted molar refractivity (Wildman–Crippen MR) is 132 cm³/mol. The number of amides is 1. The van der Waals surface area contributed by atoms with E-state index < -0.39 is 10.0 Å². The number of rotatable bonds is 6. The Morgan fingerprint density at radius 2 is 1.91 bits per heavy atom. The normalized spacial score (nSPS) is 16.9. The second-order valence-corrected chi connectivity index (χ2v) is 11.0. The van der Waals surface area contributed by atoms with Gasteiger partial charge in [-0.2, -0.15) is 9.57 Å². The first-order chi connectivity index (χ1) is 16.9. The fourth-order valence-electron chi connectivity index (χ4n) is 4.51. The number of anilines is 1. The number of nitrogens with zero attached hydrogens (tertiary/aromatic N) is 4. The molecule has 0 aliphatic carbocycles. The Balaban J connectivity index is 1.47. The molecule has 9 nitrogen and oxygen atoms in total. The van der Waals surface area contributed by atoms with Gasteiger partial charge in [0.25, 0.3) is 0 Å². The zero-order valence-corrected chi connectivity index (χ0v) is 20.3. The van der Waals surface area contributed by atoms with Crippen LogP contribution in [0.5, 0.6) is 0 Å². The fourth-order valence-corrected chi connectivity index (χ4v) is 5.66. The molecule has 10 heteroatoms. The van der Waals surface area contributed by atoms with Crippen LogP contribution in [0.25, 0.3) is 22.2 Å². The summed E-state index contributed by atoms with van der Waals surface area (Å²) in [7, 11) is -2.48. The van der Waals surface area contributed by atoms with Gasteiger partial charge in [0.15, 0.2) is 0 Å². The average molecular weight is 494 g/mol. The number of ether oxygens (including phenoxy) is 1. The number of aromatic nitrogens is 1. The van der Waals surface area contributed by atoms with Crippen LogP contribution >= 0.6 is 0 Å². The minimum Gasteiger partial charge on any atom is -0.378 e. The summed E-state index contributed by atoms with van der Waals surface area (Å²) in [4.78, 5) is 19.9. The first-order valence-electron chi connectivity index (χ1n) is 11.6. The van der Waals surface area contributed by atoms with E-state index in [-0.39, 0.29) is 23.3 Å². The molecule has 0 spiro atoms. The van der Waals surface area contributed by atoms with Gasteiger partial charge in [0.2, 0.25) is 15.9 Å². The van der Waals surface area contributed by atoms with E-state index in [1.54, 1.807) is 23.1 Å². The first-order valence-corrected chi connectivity index (χ1v) is 13.0. The van der Waals surface area contributed by atoms with Crippen LogP contribution in [0.2, 0.25) is 0 Å². The molecule has 3 heterocycles. The van der Waals surface area contributed by atoms with Crippen LogP contribution in [-0.4, -0.2) is 81.5 Å². The Morgan fingerprint density at radius 3 is 2.63 bits per heavy atom. The molecule has 5 rings (SSSR count). The van der Waals surface area contributed by atoms with Gasteiger partial charge in [0, 0.05) is 61.1 Å². The highest BCUT2D eigenvalue weighted by Crippen LogP contribution is 2.37. The van der Waals surface area contributed by atoms with Gasteiger partial charge < -0.3 is 19.5 Å². The van der Waals surface area contributed by atoms with Crippen molar-refractivity contribution in [2.24, 2.45) is 5.92 Å². The van der Waals surface area contributed by atoms with Crippen LogP contribution < -0.4 is 4.90 Å². The van der Waals surface area contributed by atoms with E-state index in [0.717, 1.165) is 32.2 Å². The molecule has 2 saturated heterocycles. The molecule has 182 valence electrons. The maximum absolute atomic E-state index is 13.4. The molecular weight excluding hydrogens is 466 g/mol. The topological polar surface area (TPSA) is 110 Å². The maximum Gasteiger partial charge on any atom is 0.243 e. The van der Waals surface area contributed by atoms with Crippen molar-refractivity contribution in [1.29, 1.82) is 5.26 Å². The number of nitrogens with one attached hydrogen (secondary N) is 1. The first kappa shape index (κ1) is 23.4.